The van der Waals surface area contributed by atoms with Crippen molar-refractivity contribution in [3.05, 3.63) is 28.8 Å². The number of carbonyl (C=O) groups excluding carboxylic acids is 1. The molecule has 0 amide bonds. The van der Waals surface area contributed by atoms with E-state index in [9.17, 15) is 9.90 Å². The highest BCUT2D eigenvalue weighted by atomic mass is 16.6. The molecule has 0 radical (unpaired) electrons. The lowest BCUT2D eigenvalue weighted by Gasteiger charge is -2.20. The second-order valence-electron chi connectivity index (χ2n) is 4.38. The molecule has 1 saturated heterocycles. The Morgan fingerprint density at radius 2 is 2.35 bits per heavy atom. The fourth-order valence-corrected chi connectivity index (χ4v) is 1.41. The molecule has 1 N–H and O–H groups in total. The Labute approximate surface area is 99.1 Å². The van der Waals surface area contributed by atoms with Crippen LogP contribution < -0.4 is 0 Å². The molecule has 0 aromatic heterocycles. The zero-order valence-electron chi connectivity index (χ0n) is 10.0. The molecule has 0 spiro atoms. The first-order valence-electron chi connectivity index (χ1n) is 5.16. The molecule has 0 bridgehead atoms. The molecule has 0 aromatic carbocycles. The highest BCUT2D eigenvalue weighted by Crippen LogP contribution is 2.32. The van der Waals surface area contributed by atoms with Gasteiger partial charge in [-0.1, -0.05) is 19.9 Å². The number of cyclic esters (lactones) is 1. The Morgan fingerprint density at radius 3 is 2.76 bits per heavy atom. The van der Waals surface area contributed by atoms with E-state index in [-0.39, 0.29) is 12.3 Å². The standard InChI is InChI=1S/C11H14N2O4/c1-4-5-7(13-12)9(14)17-8-10(15)16-6-11(8,2)3/h4-5,8H,6H2,1-3H3/p+1/b5-4+,9-7+/t8-/m0/s1. The summed E-state index contributed by atoms with van der Waals surface area (Å²) in [6.45, 7) is 5.47. The van der Waals surface area contributed by atoms with E-state index in [2.05, 4.69) is 4.98 Å². The van der Waals surface area contributed by atoms with Gasteiger partial charge in [-0.3, -0.25) is 0 Å². The molecule has 1 heterocycles. The molecule has 1 aliphatic heterocycles. The van der Waals surface area contributed by atoms with Crippen LogP contribution in [0.3, 0.4) is 0 Å². The number of carbonyl (C=O) groups is 1. The van der Waals surface area contributed by atoms with Crippen molar-refractivity contribution in [2.24, 2.45) is 5.41 Å². The first-order valence-corrected chi connectivity index (χ1v) is 5.16. The Kier molecular flexibility index (Phi) is 3.73. The monoisotopic (exact) mass is 239 g/mol. The Bertz CT molecular complexity index is 418. The van der Waals surface area contributed by atoms with Crippen molar-refractivity contribution in [1.29, 1.82) is 5.39 Å². The number of diazo groups is 1. The van der Waals surface area contributed by atoms with Gasteiger partial charge in [-0.25, -0.2) is 4.79 Å². The van der Waals surface area contributed by atoms with Gasteiger partial charge < -0.3 is 14.6 Å². The molecule has 6 nitrogen and oxygen atoms in total. The maximum atomic E-state index is 11.4. The minimum atomic E-state index is -0.912. The number of aliphatic hydroxyl groups is 1. The van der Waals surface area contributed by atoms with Gasteiger partial charge in [-0.2, -0.15) is 0 Å². The number of esters is 1. The van der Waals surface area contributed by atoms with E-state index in [1.54, 1.807) is 26.8 Å². The third-order valence-electron chi connectivity index (χ3n) is 2.39. The van der Waals surface area contributed by atoms with E-state index in [0.29, 0.717) is 0 Å². The summed E-state index contributed by atoms with van der Waals surface area (Å²) >= 11 is 0. The number of hydrogen-bond acceptors (Lipinski definition) is 5. The quantitative estimate of drug-likeness (QED) is 0.353. The summed E-state index contributed by atoms with van der Waals surface area (Å²) in [5.74, 6) is -1.15. The molecule has 0 aromatic rings. The maximum Gasteiger partial charge on any atom is 0.463 e. The van der Waals surface area contributed by atoms with Gasteiger partial charge >= 0.3 is 17.6 Å². The van der Waals surface area contributed by atoms with Crippen molar-refractivity contribution in [2.75, 3.05) is 6.61 Å². The molecule has 1 rings (SSSR count). The SMILES string of the molecule is C/C=C/C([N+]#N)=C(/O)O[C@H]1C(=O)OCC1(C)C. The molecule has 1 fully saturated rings. The fourth-order valence-electron chi connectivity index (χ4n) is 1.41. The fraction of sp³-hybridized carbons (Fsp3) is 0.545. The van der Waals surface area contributed by atoms with Crippen LogP contribution in [0.2, 0.25) is 0 Å². The summed E-state index contributed by atoms with van der Waals surface area (Å²) in [6, 6.07) is 0. The average molecular weight is 239 g/mol. The third-order valence-corrected chi connectivity index (χ3v) is 2.39. The smallest absolute Gasteiger partial charge is 0.463 e. The van der Waals surface area contributed by atoms with Crippen LogP contribution in [0.4, 0.5) is 0 Å². The Morgan fingerprint density at radius 1 is 1.71 bits per heavy atom. The van der Waals surface area contributed by atoms with E-state index in [0.717, 1.165) is 0 Å². The zero-order chi connectivity index (χ0) is 13.1. The van der Waals surface area contributed by atoms with Crippen LogP contribution >= 0.6 is 0 Å². The summed E-state index contributed by atoms with van der Waals surface area (Å²) in [5.41, 5.74) is -0.690. The van der Waals surface area contributed by atoms with Gasteiger partial charge in [0.2, 0.25) is 11.5 Å². The van der Waals surface area contributed by atoms with E-state index in [1.807, 2.05) is 0 Å². The van der Waals surface area contributed by atoms with Crippen molar-refractivity contribution < 1.29 is 19.4 Å². The summed E-state index contributed by atoms with van der Waals surface area (Å²) in [7, 11) is 0. The zero-order valence-corrected chi connectivity index (χ0v) is 10.0. The van der Waals surface area contributed by atoms with Gasteiger partial charge in [0.1, 0.15) is 6.61 Å². The van der Waals surface area contributed by atoms with Crippen LogP contribution in [0.1, 0.15) is 20.8 Å². The van der Waals surface area contributed by atoms with Crippen LogP contribution in [0.25, 0.3) is 4.98 Å². The van der Waals surface area contributed by atoms with Gasteiger partial charge in [0.15, 0.2) is 4.98 Å². The van der Waals surface area contributed by atoms with Crippen molar-refractivity contribution >= 4 is 5.97 Å². The van der Waals surface area contributed by atoms with Gasteiger partial charge in [0.25, 0.3) is 0 Å². The van der Waals surface area contributed by atoms with E-state index < -0.39 is 23.4 Å². The summed E-state index contributed by atoms with van der Waals surface area (Å²) in [6.07, 6.45) is 2.00. The Balaban J connectivity index is 2.91. The van der Waals surface area contributed by atoms with Crippen molar-refractivity contribution in [3.8, 4) is 0 Å². The van der Waals surface area contributed by atoms with E-state index >= 15 is 0 Å². The number of nitrogens with zero attached hydrogens (tertiary/aromatic N) is 2. The highest BCUT2D eigenvalue weighted by Gasteiger charge is 2.47. The van der Waals surface area contributed by atoms with Crippen molar-refractivity contribution in [2.45, 2.75) is 26.9 Å². The summed E-state index contributed by atoms with van der Waals surface area (Å²) in [4.78, 5) is 14.3. The number of allylic oxidation sites excluding steroid dienone is 2. The predicted octanol–water partition coefficient (Wildman–Crippen LogP) is 2.11. The molecule has 1 atom stereocenters. The van der Waals surface area contributed by atoms with Gasteiger partial charge in [0.05, 0.1) is 0 Å². The predicted molar refractivity (Wildman–Crippen MR) is 59.2 cm³/mol. The molecule has 92 valence electrons. The van der Waals surface area contributed by atoms with Crippen molar-refractivity contribution in [3.63, 3.8) is 0 Å². The topological polar surface area (TPSA) is 83.9 Å². The van der Waals surface area contributed by atoms with Gasteiger partial charge in [-0.05, 0) is 6.92 Å². The maximum absolute atomic E-state index is 11.4. The lowest BCUT2D eigenvalue weighted by Crippen LogP contribution is -2.32. The van der Waals surface area contributed by atoms with Crippen molar-refractivity contribution in [1.82, 2.24) is 0 Å². The molecular weight excluding hydrogens is 224 g/mol. The average Bonchev–Trinajstić information content (AvgIpc) is 2.52. The lowest BCUT2D eigenvalue weighted by molar-refractivity contribution is -0.148. The number of rotatable bonds is 3. The van der Waals surface area contributed by atoms with Gasteiger partial charge in [-0.15, -0.1) is 0 Å². The van der Waals surface area contributed by atoms with Crippen LogP contribution in [0.15, 0.2) is 23.8 Å². The van der Waals surface area contributed by atoms with Crippen LogP contribution in [0.5, 0.6) is 0 Å². The molecule has 0 saturated carbocycles. The van der Waals surface area contributed by atoms with E-state index in [4.69, 9.17) is 14.9 Å². The summed E-state index contributed by atoms with van der Waals surface area (Å²) in [5, 5.41) is 18.3. The highest BCUT2D eigenvalue weighted by molar-refractivity contribution is 5.78. The number of ether oxygens (including phenoxy) is 2. The molecule has 0 unspecified atom stereocenters. The normalized spacial score (nSPS) is 24.1. The number of aliphatic hydroxyl groups excluding tert-OH is 1. The second kappa shape index (κ2) is 4.87. The minimum Gasteiger partial charge on any atom is -0.475 e. The third kappa shape index (κ3) is 2.75. The first kappa shape index (κ1) is 13.0. The van der Waals surface area contributed by atoms with E-state index in [1.165, 1.54) is 6.08 Å². The van der Waals surface area contributed by atoms with Crippen LogP contribution in [0, 0.1) is 10.8 Å². The first-order chi connectivity index (χ1) is 7.92. The lowest BCUT2D eigenvalue weighted by atomic mass is 9.90. The van der Waals surface area contributed by atoms with Gasteiger partial charge in [0, 0.05) is 11.5 Å². The second-order valence-corrected chi connectivity index (χ2v) is 4.38. The van der Waals surface area contributed by atoms with Crippen LogP contribution in [-0.4, -0.2) is 23.8 Å². The Hall–Kier alpha value is -2.03. The molecule has 1 aliphatic rings. The molecule has 0 aliphatic carbocycles. The summed E-state index contributed by atoms with van der Waals surface area (Å²) < 4.78 is 9.95. The molecule has 17 heavy (non-hydrogen) atoms. The van der Waals surface area contributed by atoms with Crippen LogP contribution in [-0.2, 0) is 14.3 Å². The molecule has 6 heteroatoms. The number of hydrogen-bond donors (Lipinski definition) is 1. The molecular formula is C11H15N2O4+. The largest absolute Gasteiger partial charge is 0.475 e. The minimum absolute atomic E-state index is 0.150.